The number of hydrogen-bond acceptors (Lipinski definition) is 5. The van der Waals surface area contributed by atoms with Gasteiger partial charge in [-0.05, 0) is 23.8 Å². The van der Waals surface area contributed by atoms with Crippen molar-refractivity contribution in [1.29, 1.82) is 0 Å². The standard InChI is InChI=1S/C19H21N3O2/c1-21(19-20-16-7-3-5-9-18(16)24-19)14-15-6-2-4-8-17(15)22-10-12-23-13-11-22/h2-9H,10-14H2,1H3. The second kappa shape index (κ2) is 6.53. The third-order valence-corrected chi connectivity index (χ3v) is 4.36. The van der Waals surface area contributed by atoms with E-state index < -0.39 is 0 Å². The number of nitrogens with zero attached hydrogens (tertiary/aromatic N) is 3. The molecule has 3 aromatic rings. The van der Waals surface area contributed by atoms with Gasteiger partial charge in [-0.1, -0.05) is 30.3 Å². The fourth-order valence-electron chi connectivity index (χ4n) is 3.10. The Morgan fingerprint density at radius 2 is 1.79 bits per heavy atom. The third-order valence-electron chi connectivity index (χ3n) is 4.36. The number of fused-ring (bicyclic) bond motifs is 1. The maximum absolute atomic E-state index is 5.87. The highest BCUT2D eigenvalue weighted by Crippen LogP contribution is 2.26. The molecule has 1 aliphatic rings. The molecule has 0 bridgehead atoms. The lowest BCUT2D eigenvalue weighted by atomic mass is 10.1. The van der Waals surface area contributed by atoms with E-state index in [0.29, 0.717) is 6.01 Å². The molecule has 1 aliphatic heterocycles. The SMILES string of the molecule is CN(Cc1ccccc1N1CCOCC1)c1nc2ccccc2o1. The first-order valence-corrected chi connectivity index (χ1v) is 8.28. The Hall–Kier alpha value is -2.53. The van der Waals surface area contributed by atoms with Crippen LogP contribution in [0.5, 0.6) is 0 Å². The fraction of sp³-hybridized carbons (Fsp3) is 0.316. The number of hydrogen-bond donors (Lipinski definition) is 0. The minimum absolute atomic E-state index is 0.646. The van der Waals surface area contributed by atoms with E-state index in [9.17, 15) is 0 Å². The maximum Gasteiger partial charge on any atom is 0.298 e. The van der Waals surface area contributed by atoms with E-state index in [1.807, 2.05) is 31.3 Å². The highest BCUT2D eigenvalue weighted by Gasteiger charge is 2.17. The lowest BCUT2D eigenvalue weighted by molar-refractivity contribution is 0.122. The van der Waals surface area contributed by atoms with Crippen molar-refractivity contribution in [2.75, 3.05) is 43.2 Å². The van der Waals surface area contributed by atoms with Crippen LogP contribution in [0.2, 0.25) is 0 Å². The average Bonchev–Trinajstić information content (AvgIpc) is 3.07. The molecule has 0 saturated carbocycles. The molecule has 5 heteroatoms. The summed E-state index contributed by atoms with van der Waals surface area (Å²) < 4.78 is 11.3. The van der Waals surface area contributed by atoms with E-state index in [-0.39, 0.29) is 0 Å². The highest BCUT2D eigenvalue weighted by atomic mass is 16.5. The van der Waals surface area contributed by atoms with Gasteiger partial charge in [-0.2, -0.15) is 4.98 Å². The van der Waals surface area contributed by atoms with Gasteiger partial charge in [-0.3, -0.25) is 0 Å². The molecule has 0 amide bonds. The Morgan fingerprint density at radius 1 is 1.04 bits per heavy atom. The van der Waals surface area contributed by atoms with Gasteiger partial charge >= 0.3 is 0 Å². The zero-order valence-corrected chi connectivity index (χ0v) is 13.8. The van der Waals surface area contributed by atoms with Crippen molar-refractivity contribution in [3.05, 3.63) is 54.1 Å². The summed E-state index contributed by atoms with van der Waals surface area (Å²) in [6.07, 6.45) is 0. The van der Waals surface area contributed by atoms with Gasteiger partial charge < -0.3 is 19.0 Å². The Balaban J connectivity index is 1.58. The molecule has 0 atom stereocenters. The summed E-state index contributed by atoms with van der Waals surface area (Å²) in [5.74, 6) is 0. The van der Waals surface area contributed by atoms with E-state index >= 15 is 0 Å². The highest BCUT2D eigenvalue weighted by molar-refractivity contribution is 5.74. The molecule has 124 valence electrons. The lowest BCUT2D eigenvalue weighted by Crippen LogP contribution is -2.37. The summed E-state index contributed by atoms with van der Waals surface area (Å²) in [5, 5.41) is 0. The van der Waals surface area contributed by atoms with Gasteiger partial charge in [-0.25, -0.2) is 0 Å². The topological polar surface area (TPSA) is 41.7 Å². The number of aromatic nitrogens is 1. The van der Waals surface area contributed by atoms with E-state index in [1.165, 1.54) is 11.3 Å². The molecule has 0 aliphatic carbocycles. The van der Waals surface area contributed by atoms with Crippen molar-refractivity contribution >= 4 is 22.8 Å². The smallest absolute Gasteiger partial charge is 0.298 e. The molecule has 0 spiro atoms. The molecule has 2 heterocycles. The van der Waals surface area contributed by atoms with E-state index in [4.69, 9.17) is 9.15 Å². The van der Waals surface area contributed by atoms with Gasteiger partial charge in [0.15, 0.2) is 5.58 Å². The van der Waals surface area contributed by atoms with Crippen LogP contribution >= 0.6 is 0 Å². The number of para-hydroxylation sites is 3. The van der Waals surface area contributed by atoms with Gasteiger partial charge in [0.2, 0.25) is 0 Å². The lowest BCUT2D eigenvalue weighted by Gasteiger charge is -2.31. The summed E-state index contributed by atoms with van der Waals surface area (Å²) in [4.78, 5) is 9.02. The van der Waals surface area contributed by atoms with Gasteiger partial charge in [-0.15, -0.1) is 0 Å². The van der Waals surface area contributed by atoms with E-state index in [0.717, 1.165) is 43.9 Å². The van der Waals surface area contributed by atoms with Gasteiger partial charge in [0, 0.05) is 32.4 Å². The Bertz CT molecular complexity index is 791. The van der Waals surface area contributed by atoms with Crippen LogP contribution in [0.4, 0.5) is 11.7 Å². The first kappa shape index (κ1) is 15.0. The molecule has 1 aromatic heterocycles. The summed E-state index contributed by atoms with van der Waals surface area (Å²) in [7, 11) is 2.01. The van der Waals surface area contributed by atoms with Crippen LogP contribution in [-0.4, -0.2) is 38.3 Å². The summed E-state index contributed by atoms with van der Waals surface area (Å²) in [5.41, 5.74) is 4.24. The van der Waals surface area contributed by atoms with Crippen molar-refractivity contribution in [2.45, 2.75) is 6.54 Å². The summed E-state index contributed by atoms with van der Waals surface area (Å²) in [6, 6.07) is 17.0. The molecule has 4 rings (SSSR count). The van der Waals surface area contributed by atoms with E-state index in [1.54, 1.807) is 0 Å². The Kier molecular flexibility index (Phi) is 4.09. The van der Waals surface area contributed by atoms with Gasteiger partial charge in [0.1, 0.15) is 5.52 Å². The number of benzene rings is 2. The van der Waals surface area contributed by atoms with Crippen LogP contribution in [-0.2, 0) is 11.3 Å². The first-order chi connectivity index (χ1) is 11.8. The molecule has 2 aromatic carbocycles. The van der Waals surface area contributed by atoms with Crippen molar-refractivity contribution in [3.63, 3.8) is 0 Å². The number of rotatable bonds is 4. The molecular formula is C19H21N3O2. The van der Waals surface area contributed by atoms with Gasteiger partial charge in [0.05, 0.1) is 13.2 Å². The Morgan fingerprint density at radius 3 is 2.62 bits per heavy atom. The second-order valence-electron chi connectivity index (χ2n) is 6.05. The second-order valence-corrected chi connectivity index (χ2v) is 6.05. The summed E-state index contributed by atoms with van der Waals surface area (Å²) >= 11 is 0. The fourth-order valence-corrected chi connectivity index (χ4v) is 3.10. The molecule has 0 N–H and O–H groups in total. The number of anilines is 2. The normalized spacial score (nSPS) is 15.0. The molecule has 0 radical (unpaired) electrons. The van der Waals surface area contributed by atoms with Crippen molar-refractivity contribution in [3.8, 4) is 0 Å². The van der Waals surface area contributed by atoms with Crippen molar-refractivity contribution < 1.29 is 9.15 Å². The van der Waals surface area contributed by atoms with Crippen LogP contribution in [0.25, 0.3) is 11.1 Å². The first-order valence-electron chi connectivity index (χ1n) is 8.28. The molecule has 0 unspecified atom stereocenters. The summed E-state index contributed by atoms with van der Waals surface area (Å²) in [6.45, 7) is 4.19. The van der Waals surface area contributed by atoms with Gasteiger partial charge in [0.25, 0.3) is 6.01 Å². The van der Waals surface area contributed by atoms with Crippen molar-refractivity contribution in [2.24, 2.45) is 0 Å². The predicted octanol–water partition coefficient (Wildman–Crippen LogP) is 3.30. The van der Waals surface area contributed by atoms with Crippen LogP contribution < -0.4 is 9.80 Å². The predicted molar refractivity (Wildman–Crippen MR) is 95.6 cm³/mol. The minimum Gasteiger partial charge on any atom is -0.423 e. The molecular weight excluding hydrogens is 302 g/mol. The zero-order valence-electron chi connectivity index (χ0n) is 13.8. The molecule has 1 saturated heterocycles. The molecule has 5 nitrogen and oxygen atoms in total. The molecule has 24 heavy (non-hydrogen) atoms. The third kappa shape index (κ3) is 2.95. The van der Waals surface area contributed by atoms with Crippen LogP contribution in [0.1, 0.15) is 5.56 Å². The van der Waals surface area contributed by atoms with Crippen LogP contribution in [0.15, 0.2) is 52.9 Å². The average molecular weight is 323 g/mol. The monoisotopic (exact) mass is 323 g/mol. The van der Waals surface area contributed by atoms with E-state index in [2.05, 4.69) is 39.0 Å². The van der Waals surface area contributed by atoms with Crippen molar-refractivity contribution in [1.82, 2.24) is 4.98 Å². The van der Waals surface area contributed by atoms with Crippen LogP contribution in [0.3, 0.4) is 0 Å². The Labute approximate surface area is 141 Å². The minimum atomic E-state index is 0.646. The maximum atomic E-state index is 5.87. The largest absolute Gasteiger partial charge is 0.423 e. The quantitative estimate of drug-likeness (QED) is 0.737. The number of ether oxygens (including phenoxy) is 1. The zero-order chi connectivity index (χ0) is 16.4. The molecule has 1 fully saturated rings. The van der Waals surface area contributed by atoms with Crippen LogP contribution in [0, 0.1) is 0 Å². The number of morpholine rings is 1. The number of oxazole rings is 1.